The van der Waals surface area contributed by atoms with Crippen LogP contribution in [0.5, 0.6) is 11.5 Å². The molecule has 0 fully saturated rings. The molecule has 0 radical (unpaired) electrons. The van der Waals surface area contributed by atoms with Gasteiger partial charge in [-0.15, -0.1) is 0 Å². The van der Waals surface area contributed by atoms with E-state index in [1.165, 1.54) is 5.56 Å². The number of methoxy groups -OCH3 is 2. The summed E-state index contributed by atoms with van der Waals surface area (Å²) in [5.41, 5.74) is 3.43. The van der Waals surface area contributed by atoms with Crippen LogP contribution in [0.2, 0.25) is 0 Å². The summed E-state index contributed by atoms with van der Waals surface area (Å²) in [6.07, 6.45) is 0. The molecule has 0 N–H and O–H groups in total. The predicted octanol–water partition coefficient (Wildman–Crippen LogP) is 4.27. The molecular formula is C15H15BrO2. The van der Waals surface area contributed by atoms with Gasteiger partial charge in [0.2, 0.25) is 0 Å². The van der Waals surface area contributed by atoms with Crippen molar-refractivity contribution in [2.75, 3.05) is 14.2 Å². The van der Waals surface area contributed by atoms with Crippen LogP contribution in [0.4, 0.5) is 0 Å². The highest BCUT2D eigenvalue weighted by atomic mass is 79.9. The van der Waals surface area contributed by atoms with E-state index in [1.54, 1.807) is 14.2 Å². The Morgan fingerprint density at radius 3 is 2.22 bits per heavy atom. The lowest BCUT2D eigenvalue weighted by Crippen LogP contribution is -1.97. The Kier molecular flexibility index (Phi) is 4.26. The van der Waals surface area contributed by atoms with Crippen molar-refractivity contribution in [3.63, 3.8) is 0 Å². The first-order valence-electron chi connectivity index (χ1n) is 5.67. The van der Waals surface area contributed by atoms with E-state index in [0.717, 1.165) is 28.0 Å². The van der Waals surface area contributed by atoms with Crippen LogP contribution in [-0.2, 0) is 5.33 Å². The molecule has 2 rings (SSSR count). The van der Waals surface area contributed by atoms with Gasteiger partial charge in [0.1, 0.15) is 0 Å². The van der Waals surface area contributed by atoms with Crippen LogP contribution in [0.3, 0.4) is 0 Å². The zero-order valence-corrected chi connectivity index (χ0v) is 12.0. The Balaban J connectivity index is 2.62. The standard InChI is InChI=1S/C15H15BrO2/c1-17-14-9-8-12(11-6-4-3-5-7-11)13(10-16)15(14)18-2/h3-9H,10H2,1-2H3. The van der Waals surface area contributed by atoms with Gasteiger partial charge in [-0.1, -0.05) is 52.3 Å². The lowest BCUT2D eigenvalue weighted by Gasteiger charge is -2.15. The van der Waals surface area contributed by atoms with Crippen molar-refractivity contribution >= 4 is 15.9 Å². The normalized spacial score (nSPS) is 10.2. The molecule has 0 aliphatic rings. The highest BCUT2D eigenvalue weighted by molar-refractivity contribution is 9.08. The van der Waals surface area contributed by atoms with Gasteiger partial charge < -0.3 is 9.47 Å². The van der Waals surface area contributed by atoms with E-state index in [0.29, 0.717) is 0 Å². The van der Waals surface area contributed by atoms with E-state index in [4.69, 9.17) is 9.47 Å². The van der Waals surface area contributed by atoms with Crippen LogP contribution in [0.1, 0.15) is 5.56 Å². The topological polar surface area (TPSA) is 18.5 Å². The van der Waals surface area contributed by atoms with Crippen LogP contribution in [0.15, 0.2) is 42.5 Å². The van der Waals surface area contributed by atoms with Gasteiger partial charge >= 0.3 is 0 Å². The third-order valence-corrected chi connectivity index (χ3v) is 3.43. The number of benzene rings is 2. The lowest BCUT2D eigenvalue weighted by atomic mass is 9.99. The second-order valence-electron chi connectivity index (χ2n) is 3.83. The molecule has 0 amide bonds. The van der Waals surface area contributed by atoms with E-state index >= 15 is 0 Å². The summed E-state index contributed by atoms with van der Waals surface area (Å²) in [5.74, 6) is 1.54. The first kappa shape index (κ1) is 13.0. The fourth-order valence-corrected chi connectivity index (χ4v) is 2.57. The molecule has 3 heteroatoms. The summed E-state index contributed by atoms with van der Waals surface area (Å²) >= 11 is 3.53. The van der Waals surface area contributed by atoms with Crippen molar-refractivity contribution < 1.29 is 9.47 Å². The summed E-state index contributed by atoms with van der Waals surface area (Å²) in [6.45, 7) is 0. The van der Waals surface area contributed by atoms with Crippen molar-refractivity contribution in [2.45, 2.75) is 5.33 Å². The van der Waals surface area contributed by atoms with Gasteiger partial charge in [-0.05, 0) is 17.2 Å². The molecule has 2 aromatic carbocycles. The Bertz CT molecular complexity index is 524. The van der Waals surface area contributed by atoms with Crippen LogP contribution < -0.4 is 9.47 Å². The zero-order valence-electron chi connectivity index (χ0n) is 10.4. The Hall–Kier alpha value is -1.48. The highest BCUT2D eigenvalue weighted by Gasteiger charge is 2.14. The van der Waals surface area contributed by atoms with Gasteiger partial charge in [-0.3, -0.25) is 0 Å². The summed E-state index contributed by atoms with van der Waals surface area (Å²) in [7, 11) is 3.32. The molecule has 0 aliphatic heterocycles. The minimum atomic E-state index is 0.720. The van der Waals surface area contributed by atoms with E-state index in [2.05, 4.69) is 34.1 Å². The highest BCUT2D eigenvalue weighted by Crippen LogP contribution is 2.39. The molecule has 0 aliphatic carbocycles. The number of hydrogen-bond donors (Lipinski definition) is 0. The molecule has 0 heterocycles. The average molecular weight is 307 g/mol. The maximum atomic E-state index is 5.47. The summed E-state index contributed by atoms with van der Waals surface area (Å²) in [4.78, 5) is 0. The maximum absolute atomic E-state index is 5.47. The Morgan fingerprint density at radius 2 is 1.67 bits per heavy atom. The summed E-state index contributed by atoms with van der Waals surface area (Å²) < 4.78 is 10.8. The average Bonchev–Trinajstić information content (AvgIpc) is 2.46. The van der Waals surface area contributed by atoms with Crippen LogP contribution in [0.25, 0.3) is 11.1 Å². The van der Waals surface area contributed by atoms with E-state index in [1.807, 2.05) is 24.3 Å². The number of ether oxygens (including phenoxy) is 2. The van der Waals surface area contributed by atoms with Crippen molar-refractivity contribution in [3.8, 4) is 22.6 Å². The quantitative estimate of drug-likeness (QED) is 0.786. The third-order valence-electron chi connectivity index (χ3n) is 2.87. The van der Waals surface area contributed by atoms with Crippen molar-refractivity contribution in [3.05, 3.63) is 48.0 Å². The van der Waals surface area contributed by atoms with E-state index in [9.17, 15) is 0 Å². The van der Waals surface area contributed by atoms with Crippen molar-refractivity contribution in [1.29, 1.82) is 0 Å². The molecule has 18 heavy (non-hydrogen) atoms. The minimum absolute atomic E-state index is 0.720. The first-order valence-corrected chi connectivity index (χ1v) is 6.79. The first-order chi connectivity index (χ1) is 8.81. The van der Waals surface area contributed by atoms with E-state index in [-0.39, 0.29) is 0 Å². The number of halogens is 1. The van der Waals surface area contributed by atoms with Crippen LogP contribution in [0, 0.1) is 0 Å². The maximum Gasteiger partial charge on any atom is 0.165 e. The minimum Gasteiger partial charge on any atom is -0.493 e. The second-order valence-corrected chi connectivity index (χ2v) is 4.39. The summed E-state index contributed by atoms with van der Waals surface area (Å²) in [5, 5.41) is 0.720. The molecular weight excluding hydrogens is 292 g/mol. The van der Waals surface area contributed by atoms with Gasteiger partial charge in [-0.2, -0.15) is 0 Å². The third kappa shape index (κ3) is 2.36. The molecule has 0 saturated carbocycles. The van der Waals surface area contributed by atoms with Crippen LogP contribution >= 0.6 is 15.9 Å². The molecule has 94 valence electrons. The van der Waals surface area contributed by atoms with Gasteiger partial charge in [0.05, 0.1) is 14.2 Å². The Labute approximate surface area is 116 Å². The monoisotopic (exact) mass is 306 g/mol. The molecule has 0 unspecified atom stereocenters. The van der Waals surface area contributed by atoms with Crippen molar-refractivity contribution in [1.82, 2.24) is 0 Å². The van der Waals surface area contributed by atoms with E-state index < -0.39 is 0 Å². The van der Waals surface area contributed by atoms with Gasteiger partial charge in [-0.25, -0.2) is 0 Å². The largest absolute Gasteiger partial charge is 0.493 e. The zero-order chi connectivity index (χ0) is 13.0. The van der Waals surface area contributed by atoms with Gasteiger partial charge in [0.15, 0.2) is 11.5 Å². The number of hydrogen-bond acceptors (Lipinski definition) is 2. The number of rotatable bonds is 4. The molecule has 0 spiro atoms. The molecule has 0 atom stereocenters. The molecule has 0 bridgehead atoms. The number of alkyl halides is 1. The fraction of sp³-hybridized carbons (Fsp3) is 0.200. The van der Waals surface area contributed by atoms with Gasteiger partial charge in [0, 0.05) is 10.9 Å². The fourth-order valence-electron chi connectivity index (χ4n) is 2.01. The predicted molar refractivity (Wildman–Crippen MR) is 77.6 cm³/mol. The SMILES string of the molecule is COc1ccc(-c2ccccc2)c(CBr)c1OC. The Morgan fingerprint density at radius 1 is 0.944 bits per heavy atom. The molecule has 2 aromatic rings. The van der Waals surface area contributed by atoms with Crippen molar-refractivity contribution in [2.24, 2.45) is 0 Å². The molecule has 0 saturated heterocycles. The smallest absolute Gasteiger partial charge is 0.165 e. The molecule has 0 aromatic heterocycles. The lowest BCUT2D eigenvalue weighted by molar-refractivity contribution is 0.353. The van der Waals surface area contributed by atoms with Crippen LogP contribution in [-0.4, -0.2) is 14.2 Å². The summed E-state index contributed by atoms with van der Waals surface area (Å²) in [6, 6.07) is 14.3. The molecule has 2 nitrogen and oxygen atoms in total. The van der Waals surface area contributed by atoms with Gasteiger partial charge in [0.25, 0.3) is 0 Å². The second kappa shape index (κ2) is 5.91.